The zero-order valence-corrected chi connectivity index (χ0v) is 31.2. The first-order valence-corrected chi connectivity index (χ1v) is 20.5. The average molecular weight is 690 g/mol. The van der Waals surface area contributed by atoms with Crippen molar-refractivity contribution in [2.75, 3.05) is 19.7 Å². The van der Waals surface area contributed by atoms with Gasteiger partial charge in [0.05, 0.1) is 18.9 Å². The lowest BCUT2D eigenvalue weighted by Gasteiger charge is -2.61. The zero-order chi connectivity index (χ0) is 34.7. The normalized spacial score (nSPS) is 44.0. The number of nitrogens with zero attached hydrogens (tertiary/aromatic N) is 3. The highest BCUT2D eigenvalue weighted by Crippen LogP contribution is 2.71. The van der Waals surface area contributed by atoms with Gasteiger partial charge in [-0.1, -0.05) is 47.0 Å². The molecule has 12 atom stereocenters. The molecule has 5 aliphatic carbocycles. The summed E-state index contributed by atoms with van der Waals surface area (Å²) in [6.45, 7) is 11.8. The molecule has 5 saturated carbocycles. The summed E-state index contributed by atoms with van der Waals surface area (Å²) in [5.41, 5.74) is 1.01. The van der Waals surface area contributed by atoms with Crippen LogP contribution in [0.4, 0.5) is 4.79 Å². The summed E-state index contributed by atoms with van der Waals surface area (Å²) < 4.78 is 13.6. The van der Waals surface area contributed by atoms with Crippen molar-refractivity contribution >= 4 is 11.9 Å². The molecule has 2 aliphatic heterocycles. The highest BCUT2D eigenvalue weighted by Gasteiger charge is 2.69. The van der Waals surface area contributed by atoms with E-state index < -0.39 is 0 Å². The molecule has 7 aliphatic rings. The van der Waals surface area contributed by atoms with E-state index in [1.165, 1.54) is 63.8 Å². The molecule has 0 aromatic carbocycles. The molecule has 3 amide bonds. The van der Waals surface area contributed by atoms with Crippen molar-refractivity contribution in [3.63, 3.8) is 0 Å². The number of carbonyl (C=O) groups is 2. The van der Waals surface area contributed by atoms with Crippen LogP contribution in [0.3, 0.4) is 0 Å². The van der Waals surface area contributed by atoms with Gasteiger partial charge in [0.2, 0.25) is 0 Å². The van der Waals surface area contributed by atoms with Crippen LogP contribution in [0.1, 0.15) is 134 Å². The van der Waals surface area contributed by atoms with Gasteiger partial charge in [-0.05, 0) is 117 Å². The minimum atomic E-state index is -0.336. The number of rotatable bonds is 6. The molecular weight excluding hydrogens is 626 g/mol. The van der Waals surface area contributed by atoms with E-state index in [2.05, 4.69) is 48.3 Å². The Bertz CT molecular complexity index is 1380. The summed E-state index contributed by atoms with van der Waals surface area (Å²) in [4.78, 5) is 36.8. The minimum Gasteiger partial charge on any atom is -0.349 e. The maximum Gasteiger partial charge on any atom is 0.317 e. The Morgan fingerprint density at radius 3 is 2.50 bits per heavy atom. The van der Waals surface area contributed by atoms with Crippen LogP contribution < -0.4 is 10.6 Å². The predicted octanol–water partition coefficient (Wildman–Crippen LogP) is 7.37. The molecule has 0 radical (unpaired) electrons. The van der Waals surface area contributed by atoms with Crippen LogP contribution in [0, 0.1) is 52.3 Å². The second-order valence-electron chi connectivity index (χ2n) is 18.4. The predicted molar refractivity (Wildman–Crippen MR) is 192 cm³/mol. The molecule has 1 unspecified atom stereocenters. The van der Waals surface area contributed by atoms with E-state index in [1.807, 2.05) is 4.90 Å². The van der Waals surface area contributed by atoms with Gasteiger partial charge in [-0.25, -0.2) is 9.78 Å². The molecular formula is C41H63N5O4. The van der Waals surface area contributed by atoms with Crippen LogP contribution in [0.5, 0.6) is 0 Å². The van der Waals surface area contributed by atoms with Crippen molar-refractivity contribution in [3.05, 3.63) is 24.3 Å². The van der Waals surface area contributed by atoms with Crippen LogP contribution in [-0.2, 0) is 9.47 Å². The van der Waals surface area contributed by atoms with E-state index in [4.69, 9.17) is 9.47 Å². The topological polar surface area (TPSA) is 106 Å². The van der Waals surface area contributed by atoms with Gasteiger partial charge >= 0.3 is 6.03 Å². The second kappa shape index (κ2) is 13.6. The number of nitrogens with one attached hydrogen (secondary N) is 2. The summed E-state index contributed by atoms with van der Waals surface area (Å²) >= 11 is 0. The van der Waals surface area contributed by atoms with Gasteiger partial charge in [-0.2, -0.15) is 0 Å². The number of aromatic nitrogens is 2. The third kappa shape index (κ3) is 5.98. The molecule has 1 aromatic heterocycles. The monoisotopic (exact) mass is 689 g/mol. The zero-order valence-electron chi connectivity index (χ0n) is 31.2. The van der Waals surface area contributed by atoms with Gasteiger partial charge in [0.1, 0.15) is 5.69 Å². The molecule has 9 heteroatoms. The van der Waals surface area contributed by atoms with Crippen LogP contribution >= 0.6 is 0 Å². The van der Waals surface area contributed by atoms with Crippen molar-refractivity contribution in [1.82, 2.24) is 25.5 Å². The van der Waals surface area contributed by atoms with Crippen LogP contribution in [0.15, 0.2) is 18.6 Å². The fourth-order valence-corrected chi connectivity index (χ4v) is 13.3. The van der Waals surface area contributed by atoms with Crippen molar-refractivity contribution in [3.8, 4) is 0 Å². The Morgan fingerprint density at radius 1 is 0.920 bits per heavy atom. The third-order valence-electron chi connectivity index (χ3n) is 16.0. The van der Waals surface area contributed by atoms with E-state index in [0.717, 1.165) is 69.3 Å². The first-order valence-electron chi connectivity index (χ1n) is 20.5. The fourth-order valence-electron chi connectivity index (χ4n) is 13.3. The van der Waals surface area contributed by atoms with Gasteiger partial charge in [0, 0.05) is 49.9 Å². The lowest BCUT2D eigenvalue weighted by molar-refractivity contribution is -0.273. The molecule has 3 heterocycles. The van der Waals surface area contributed by atoms with Crippen molar-refractivity contribution < 1.29 is 19.1 Å². The Labute approximate surface area is 300 Å². The largest absolute Gasteiger partial charge is 0.349 e. The lowest BCUT2D eigenvalue weighted by atomic mass is 9.44. The smallest absolute Gasteiger partial charge is 0.317 e. The molecule has 276 valence electrons. The number of fused-ring (bicyclic) bond motifs is 7. The number of amides is 3. The van der Waals surface area contributed by atoms with Crippen molar-refractivity contribution in [1.29, 1.82) is 0 Å². The average Bonchev–Trinajstić information content (AvgIpc) is 3.57. The molecule has 9 nitrogen and oxygen atoms in total. The van der Waals surface area contributed by atoms with Gasteiger partial charge in [0.15, 0.2) is 5.79 Å². The van der Waals surface area contributed by atoms with Gasteiger partial charge in [-0.3, -0.25) is 9.78 Å². The van der Waals surface area contributed by atoms with E-state index in [0.29, 0.717) is 59.4 Å². The van der Waals surface area contributed by atoms with E-state index in [9.17, 15) is 9.59 Å². The van der Waals surface area contributed by atoms with Crippen LogP contribution in [-0.4, -0.2) is 70.5 Å². The van der Waals surface area contributed by atoms with Crippen molar-refractivity contribution in [2.45, 2.75) is 148 Å². The van der Waals surface area contributed by atoms with Crippen LogP contribution in [0.25, 0.3) is 0 Å². The molecule has 0 bridgehead atoms. The summed E-state index contributed by atoms with van der Waals surface area (Å²) in [6.07, 6.45) is 22.7. The van der Waals surface area contributed by atoms with E-state index in [1.54, 1.807) is 6.20 Å². The van der Waals surface area contributed by atoms with Gasteiger partial charge < -0.3 is 25.0 Å². The Balaban J connectivity index is 0.893. The SMILES string of the molecule is C[C@H]1CC[C@@]2(OC1)O[C@H]1C[C@H]3[C@@H]4CC[C@@H]5C[C@H](NC(=O)N(CCNC(=O)c6cnccn6)C6CCCCC6)CC[C@]5(C)[C@H]4CC[C@]3(C)C1[C@@H]2C. The van der Waals surface area contributed by atoms with Crippen LogP contribution in [0.2, 0.25) is 0 Å². The first kappa shape index (κ1) is 34.8. The summed E-state index contributed by atoms with van der Waals surface area (Å²) in [6, 6.07) is 0.515. The number of carbonyl (C=O) groups excluding carboxylic acids is 2. The summed E-state index contributed by atoms with van der Waals surface area (Å²) in [5, 5.41) is 6.51. The molecule has 50 heavy (non-hydrogen) atoms. The number of ether oxygens (including phenoxy) is 2. The summed E-state index contributed by atoms with van der Waals surface area (Å²) in [7, 11) is 0. The molecule has 7 fully saturated rings. The Kier molecular flexibility index (Phi) is 9.48. The molecule has 8 rings (SSSR count). The highest BCUT2D eigenvalue weighted by molar-refractivity contribution is 5.91. The first-order chi connectivity index (χ1) is 24.1. The third-order valence-corrected chi connectivity index (χ3v) is 16.0. The Morgan fingerprint density at radius 2 is 1.74 bits per heavy atom. The van der Waals surface area contributed by atoms with E-state index in [-0.39, 0.29) is 29.8 Å². The fraction of sp³-hybridized carbons (Fsp3) is 0.854. The minimum absolute atomic E-state index is 0.0576. The lowest BCUT2D eigenvalue weighted by Crippen LogP contribution is -2.57. The molecule has 2 N–H and O–H groups in total. The quantitative estimate of drug-likeness (QED) is 0.323. The maximum absolute atomic E-state index is 14.0. The van der Waals surface area contributed by atoms with E-state index >= 15 is 0 Å². The molecule has 1 spiro atoms. The summed E-state index contributed by atoms with van der Waals surface area (Å²) in [5.74, 6) is 4.15. The number of hydrogen-bond acceptors (Lipinski definition) is 6. The number of urea groups is 1. The van der Waals surface area contributed by atoms with Gasteiger partial charge in [0.25, 0.3) is 5.91 Å². The van der Waals surface area contributed by atoms with Crippen molar-refractivity contribution in [2.24, 2.45) is 52.3 Å². The molecule has 1 aromatic rings. The maximum atomic E-state index is 14.0. The number of hydrogen-bond donors (Lipinski definition) is 2. The highest BCUT2D eigenvalue weighted by atomic mass is 16.7. The Hall–Kier alpha value is -2.26. The standard InChI is InChI=1S/C41H63N5O4/c1-26-12-17-41(49-25-26)27(2)36-35(50-41)23-33-31-11-10-28-22-29(13-15-39(28,3)32(31)14-16-40(33,36)4)45-38(48)46(30-8-6-5-7-9-30)21-20-44-37(47)34-24-42-18-19-43-34/h18-19,24,26-33,35-36H,5-17,20-23,25H2,1-4H3,(H,44,47)(H,45,48)/t26-,27-,28+,29+,31+,32-,33-,35-,36?,39-,40-,41+/m0/s1. The van der Waals surface area contributed by atoms with Gasteiger partial charge in [-0.15, -0.1) is 0 Å². The molecule has 2 saturated heterocycles. The second-order valence-corrected chi connectivity index (χ2v) is 18.4.